The first-order valence-electron chi connectivity index (χ1n) is 8.33. The number of aromatic nitrogens is 2. The molecule has 0 aliphatic rings. The van der Waals surface area contributed by atoms with Crippen LogP contribution >= 0.6 is 23.2 Å². The highest BCUT2D eigenvalue weighted by atomic mass is 35.5. The third-order valence-electron chi connectivity index (χ3n) is 3.85. The van der Waals surface area contributed by atoms with Crippen LogP contribution in [0.15, 0.2) is 54.7 Å². The summed E-state index contributed by atoms with van der Waals surface area (Å²) in [5.74, 6) is -0.764. The summed E-state index contributed by atoms with van der Waals surface area (Å²) in [6.07, 6.45) is 4.48. The SMILES string of the molecule is CN(CC(=O)Nc1c(Cl)cccc1Cl)C(=O)/C=C/c1cnc2ccccc2n1. The second-order valence-electron chi connectivity index (χ2n) is 5.96. The summed E-state index contributed by atoms with van der Waals surface area (Å²) in [7, 11) is 1.52. The van der Waals surface area contributed by atoms with E-state index in [9.17, 15) is 9.59 Å². The Kier molecular flexibility index (Phi) is 6.23. The van der Waals surface area contributed by atoms with Gasteiger partial charge in [-0.25, -0.2) is 4.98 Å². The van der Waals surface area contributed by atoms with Crippen molar-refractivity contribution < 1.29 is 9.59 Å². The molecule has 3 aromatic rings. The molecule has 2 amide bonds. The first-order valence-corrected chi connectivity index (χ1v) is 9.08. The standard InChI is InChI=1S/C20H16Cl2N4O2/c1-26(12-18(27)25-20-14(21)5-4-6-15(20)22)19(28)10-9-13-11-23-16-7-2-3-8-17(16)24-13/h2-11H,12H2,1H3,(H,25,27)/b10-9+. The molecule has 28 heavy (non-hydrogen) atoms. The highest BCUT2D eigenvalue weighted by Gasteiger charge is 2.14. The minimum atomic E-state index is -0.412. The second kappa shape index (κ2) is 8.82. The van der Waals surface area contributed by atoms with E-state index in [1.165, 1.54) is 18.0 Å². The third kappa shape index (κ3) is 4.85. The molecule has 6 nitrogen and oxygen atoms in total. The predicted molar refractivity (Wildman–Crippen MR) is 111 cm³/mol. The lowest BCUT2D eigenvalue weighted by atomic mass is 10.3. The Labute approximate surface area is 171 Å². The number of benzene rings is 2. The second-order valence-corrected chi connectivity index (χ2v) is 6.77. The quantitative estimate of drug-likeness (QED) is 0.638. The van der Waals surface area contributed by atoms with Gasteiger partial charge in [0.25, 0.3) is 0 Å². The smallest absolute Gasteiger partial charge is 0.246 e. The first-order chi connectivity index (χ1) is 13.4. The van der Waals surface area contributed by atoms with Gasteiger partial charge in [0.2, 0.25) is 11.8 Å². The molecule has 0 atom stereocenters. The fourth-order valence-electron chi connectivity index (χ4n) is 2.43. The molecule has 0 aliphatic heterocycles. The number of halogens is 2. The number of likely N-dealkylation sites (N-methyl/N-ethyl adjacent to an activating group) is 1. The van der Waals surface area contributed by atoms with E-state index < -0.39 is 5.91 Å². The molecule has 0 radical (unpaired) electrons. The molecule has 3 rings (SSSR count). The van der Waals surface area contributed by atoms with Crippen LogP contribution in [0.5, 0.6) is 0 Å². The number of carbonyl (C=O) groups excluding carboxylic acids is 2. The van der Waals surface area contributed by atoms with Crippen molar-refractivity contribution in [1.82, 2.24) is 14.9 Å². The number of fused-ring (bicyclic) bond motifs is 1. The summed E-state index contributed by atoms with van der Waals surface area (Å²) in [5.41, 5.74) is 2.38. The zero-order chi connectivity index (χ0) is 20.1. The van der Waals surface area contributed by atoms with Gasteiger partial charge in [-0.2, -0.15) is 0 Å². The predicted octanol–water partition coefficient (Wildman–Crippen LogP) is 4.05. The average molecular weight is 415 g/mol. The fraction of sp³-hybridized carbons (Fsp3) is 0.100. The van der Waals surface area contributed by atoms with Crippen molar-refractivity contribution in [2.24, 2.45) is 0 Å². The molecule has 0 saturated carbocycles. The largest absolute Gasteiger partial charge is 0.333 e. The molecule has 142 valence electrons. The van der Waals surface area contributed by atoms with Crippen molar-refractivity contribution in [3.8, 4) is 0 Å². The Morgan fingerprint density at radius 3 is 2.46 bits per heavy atom. The van der Waals surface area contributed by atoms with E-state index in [1.54, 1.807) is 30.5 Å². The number of amides is 2. The zero-order valence-corrected chi connectivity index (χ0v) is 16.4. The number of anilines is 1. The van der Waals surface area contributed by atoms with Gasteiger partial charge in [0, 0.05) is 13.1 Å². The fourth-order valence-corrected chi connectivity index (χ4v) is 2.92. The molecule has 0 bridgehead atoms. The highest BCUT2D eigenvalue weighted by Crippen LogP contribution is 2.29. The van der Waals surface area contributed by atoms with Crippen molar-refractivity contribution in [1.29, 1.82) is 0 Å². The molecular formula is C20H16Cl2N4O2. The molecule has 1 heterocycles. The summed E-state index contributed by atoms with van der Waals surface area (Å²) in [6.45, 7) is -0.159. The zero-order valence-electron chi connectivity index (χ0n) is 14.9. The van der Waals surface area contributed by atoms with Gasteiger partial charge in [-0.1, -0.05) is 41.4 Å². The van der Waals surface area contributed by atoms with Crippen molar-refractivity contribution in [3.63, 3.8) is 0 Å². The Bertz CT molecular complexity index is 1050. The maximum atomic E-state index is 12.3. The molecule has 0 unspecified atom stereocenters. The normalized spacial score (nSPS) is 11.0. The van der Waals surface area contributed by atoms with Gasteiger partial charge in [-0.05, 0) is 30.3 Å². The number of hydrogen-bond acceptors (Lipinski definition) is 4. The Hall–Kier alpha value is -2.96. The van der Waals surface area contributed by atoms with E-state index in [4.69, 9.17) is 23.2 Å². The van der Waals surface area contributed by atoms with Gasteiger partial charge in [-0.3, -0.25) is 14.6 Å². The lowest BCUT2D eigenvalue weighted by Crippen LogP contribution is -2.34. The van der Waals surface area contributed by atoms with Crippen LogP contribution in [0.2, 0.25) is 10.0 Å². The van der Waals surface area contributed by atoms with Crippen LogP contribution in [0.25, 0.3) is 17.1 Å². The van der Waals surface area contributed by atoms with Gasteiger partial charge in [0.05, 0.1) is 45.2 Å². The maximum Gasteiger partial charge on any atom is 0.246 e. The van der Waals surface area contributed by atoms with Gasteiger partial charge in [0.1, 0.15) is 0 Å². The van der Waals surface area contributed by atoms with E-state index in [-0.39, 0.29) is 12.5 Å². The van der Waals surface area contributed by atoms with Crippen LogP contribution in [0.4, 0.5) is 5.69 Å². The third-order valence-corrected chi connectivity index (χ3v) is 4.48. The molecule has 8 heteroatoms. The number of nitrogens with zero attached hydrogens (tertiary/aromatic N) is 3. The van der Waals surface area contributed by atoms with Gasteiger partial charge >= 0.3 is 0 Å². The van der Waals surface area contributed by atoms with Crippen LogP contribution in [0.3, 0.4) is 0 Å². The number of para-hydroxylation sites is 3. The van der Waals surface area contributed by atoms with Crippen LogP contribution in [0.1, 0.15) is 5.69 Å². The number of rotatable bonds is 5. The Balaban J connectivity index is 1.61. The summed E-state index contributed by atoms with van der Waals surface area (Å²) >= 11 is 12.1. The molecule has 1 aromatic heterocycles. The summed E-state index contributed by atoms with van der Waals surface area (Å²) in [5, 5.41) is 3.26. The maximum absolute atomic E-state index is 12.3. The van der Waals surface area contributed by atoms with Crippen molar-refractivity contribution >= 4 is 57.8 Å². The minimum Gasteiger partial charge on any atom is -0.333 e. The Morgan fingerprint density at radius 2 is 1.75 bits per heavy atom. The van der Waals surface area contributed by atoms with Gasteiger partial charge < -0.3 is 10.2 Å². The van der Waals surface area contributed by atoms with Crippen LogP contribution < -0.4 is 5.32 Å². The number of nitrogens with one attached hydrogen (secondary N) is 1. The molecule has 0 fully saturated rings. The van der Waals surface area contributed by atoms with E-state index >= 15 is 0 Å². The van der Waals surface area contributed by atoms with Crippen molar-refractivity contribution in [3.05, 3.63) is 70.5 Å². The van der Waals surface area contributed by atoms with E-state index in [0.717, 1.165) is 11.0 Å². The van der Waals surface area contributed by atoms with Crippen molar-refractivity contribution in [2.45, 2.75) is 0 Å². The summed E-state index contributed by atoms with van der Waals surface area (Å²) in [4.78, 5) is 34.4. The summed E-state index contributed by atoms with van der Waals surface area (Å²) in [6, 6.07) is 12.4. The van der Waals surface area contributed by atoms with Crippen LogP contribution in [-0.2, 0) is 9.59 Å². The highest BCUT2D eigenvalue weighted by molar-refractivity contribution is 6.39. The molecular weight excluding hydrogens is 399 g/mol. The van der Waals surface area contributed by atoms with Crippen molar-refractivity contribution in [2.75, 3.05) is 18.9 Å². The molecule has 0 spiro atoms. The lowest BCUT2D eigenvalue weighted by Gasteiger charge is -2.15. The monoisotopic (exact) mass is 414 g/mol. The summed E-state index contributed by atoms with van der Waals surface area (Å²) < 4.78 is 0. The molecule has 2 aromatic carbocycles. The van der Waals surface area contributed by atoms with E-state index in [1.807, 2.05) is 24.3 Å². The Morgan fingerprint density at radius 1 is 1.07 bits per heavy atom. The first kappa shape index (κ1) is 19.8. The lowest BCUT2D eigenvalue weighted by molar-refractivity contribution is -0.129. The van der Waals surface area contributed by atoms with E-state index in [2.05, 4.69) is 15.3 Å². The minimum absolute atomic E-state index is 0.159. The molecule has 0 saturated heterocycles. The van der Waals surface area contributed by atoms with Gasteiger partial charge in [0.15, 0.2) is 0 Å². The molecule has 1 N–H and O–H groups in total. The number of carbonyl (C=O) groups is 2. The number of hydrogen-bond donors (Lipinski definition) is 1. The average Bonchev–Trinajstić information content (AvgIpc) is 2.68. The molecule has 0 aliphatic carbocycles. The van der Waals surface area contributed by atoms with E-state index in [0.29, 0.717) is 21.4 Å². The van der Waals surface area contributed by atoms with Crippen LogP contribution in [-0.4, -0.2) is 40.3 Å². The topological polar surface area (TPSA) is 75.2 Å². The van der Waals surface area contributed by atoms with Gasteiger partial charge in [-0.15, -0.1) is 0 Å². The van der Waals surface area contributed by atoms with Crippen LogP contribution in [0, 0.1) is 0 Å².